The molecule has 0 unspecified atom stereocenters. The smallest absolute Gasteiger partial charge is 0.138 e. The van der Waals surface area contributed by atoms with E-state index in [2.05, 4.69) is 6.92 Å². The Hall–Kier alpha value is -0.370. The maximum atomic E-state index is 11.1. The van der Waals surface area contributed by atoms with E-state index in [1.54, 1.807) is 6.92 Å². The first-order valence-electron chi connectivity index (χ1n) is 3.71. The molecule has 2 heterocycles. The molecule has 2 heteroatoms. The van der Waals surface area contributed by atoms with E-state index in [0.717, 1.165) is 12.8 Å². The molecule has 3 aliphatic rings. The van der Waals surface area contributed by atoms with Crippen LogP contribution in [0.4, 0.5) is 0 Å². The molecule has 0 atom stereocenters. The minimum atomic E-state index is -0.0608. The molecule has 3 rings (SSSR count). The molecular formula is C8H12O2. The average Bonchev–Trinajstić information content (AvgIpc) is 2.19. The summed E-state index contributed by atoms with van der Waals surface area (Å²) in [6, 6.07) is 0. The van der Waals surface area contributed by atoms with E-state index in [1.807, 2.05) is 0 Å². The van der Waals surface area contributed by atoms with E-state index in [0.29, 0.717) is 12.4 Å². The Morgan fingerprint density at radius 1 is 1.50 bits per heavy atom. The molecule has 2 bridgehead atoms. The van der Waals surface area contributed by atoms with Crippen LogP contribution in [0.25, 0.3) is 0 Å². The Morgan fingerprint density at radius 2 is 2.10 bits per heavy atom. The zero-order valence-electron chi connectivity index (χ0n) is 6.44. The van der Waals surface area contributed by atoms with Crippen LogP contribution in [0.15, 0.2) is 0 Å². The third kappa shape index (κ3) is 0.553. The number of ketones is 1. The second kappa shape index (κ2) is 1.45. The van der Waals surface area contributed by atoms with E-state index in [1.165, 1.54) is 0 Å². The lowest BCUT2D eigenvalue weighted by atomic mass is 9.61. The number of hydrogen-bond donors (Lipinski definition) is 0. The largest absolute Gasteiger partial charge is 0.374 e. The molecule has 0 aromatic carbocycles. The zero-order chi connectivity index (χ0) is 7.41. The molecule has 3 fully saturated rings. The lowest BCUT2D eigenvalue weighted by Gasteiger charge is -2.40. The van der Waals surface area contributed by atoms with E-state index in [4.69, 9.17) is 4.74 Å². The fourth-order valence-electron chi connectivity index (χ4n) is 2.25. The van der Waals surface area contributed by atoms with E-state index >= 15 is 0 Å². The van der Waals surface area contributed by atoms with Crippen molar-refractivity contribution in [1.29, 1.82) is 0 Å². The van der Waals surface area contributed by atoms with Gasteiger partial charge in [-0.1, -0.05) is 0 Å². The van der Waals surface area contributed by atoms with Crippen LogP contribution in [0.5, 0.6) is 0 Å². The highest BCUT2D eigenvalue weighted by atomic mass is 16.5. The first-order chi connectivity index (χ1) is 4.56. The highest BCUT2D eigenvalue weighted by molar-refractivity contribution is 5.84. The normalized spacial score (nSPS) is 50.6. The Labute approximate surface area is 60.6 Å². The van der Waals surface area contributed by atoms with Crippen molar-refractivity contribution in [3.63, 3.8) is 0 Å². The monoisotopic (exact) mass is 140 g/mol. The highest BCUT2D eigenvalue weighted by Gasteiger charge is 2.62. The van der Waals surface area contributed by atoms with Crippen molar-refractivity contribution in [3.8, 4) is 0 Å². The maximum Gasteiger partial charge on any atom is 0.138 e. The van der Waals surface area contributed by atoms with Crippen LogP contribution in [-0.4, -0.2) is 18.0 Å². The minimum Gasteiger partial charge on any atom is -0.374 e. The summed E-state index contributed by atoms with van der Waals surface area (Å²) in [5.41, 5.74) is 0.000417. The van der Waals surface area contributed by atoms with Gasteiger partial charge in [0.1, 0.15) is 5.78 Å². The summed E-state index contributed by atoms with van der Waals surface area (Å²) in [5, 5.41) is 0. The van der Waals surface area contributed by atoms with Gasteiger partial charge in [-0.05, 0) is 26.7 Å². The summed E-state index contributed by atoms with van der Waals surface area (Å²) >= 11 is 0. The molecule has 0 aromatic rings. The summed E-state index contributed by atoms with van der Waals surface area (Å²) in [6.07, 6.45) is 1.91. The second-order valence-electron chi connectivity index (χ2n) is 3.93. The van der Waals surface area contributed by atoms with Crippen LogP contribution in [-0.2, 0) is 9.53 Å². The topological polar surface area (TPSA) is 26.3 Å². The van der Waals surface area contributed by atoms with Crippen molar-refractivity contribution in [1.82, 2.24) is 0 Å². The molecule has 2 nitrogen and oxygen atoms in total. The third-order valence-corrected chi connectivity index (χ3v) is 2.87. The fraction of sp³-hybridized carbons (Fsp3) is 0.875. The van der Waals surface area contributed by atoms with Crippen LogP contribution < -0.4 is 0 Å². The van der Waals surface area contributed by atoms with Gasteiger partial charge in [-0.2, -0.15) is 0 Å². The van der Waals surface area contributed by atoms with Crippen LogP contribution >= 0.6 is 0 Å². The first-order valence-corrected chi connectivity index (χ1v) is 3.71. The summed E-state index contributed by atoms with van der Waals surface area (Å²) in [4.78, 5) is 11.1. The van der Waals surface area contributed by atoms with Crippen molar-refractivity contribution in [2.24, 2.45) is 5.41 Å². The Morgan fingerprint density at radius 3 is 2.30 bits per heavy atom. The lowest BCUT2D eigenvalue weighted by molar-refractivity contribution is -0.130. The first kappa shape index (κ1) is 6.35. The molecule has 2 saturated heterocycles. The highest BCUT2D eigenvalue weighted by Crippen LogP contribution is 2.57. The molecule has 0 amide bonds. The van der Waals surface area contributed by atoms with Crippen molar-refractivity contribution in [2.75, 3.05) is 6.61 Å². The van der Waals surface area contributed by atoms with Gasteiger partial charge in [-0.25, -0.2) is 0 Å². The molecule has 10 heavy (non-hydrogen) atoms. The number of ether oxygens (including phenoxy) is 1. The average molecular weight is 140 g/mol. The van der Waals surface area contributed by atoms with E-state index in [-0.39, 0.29) is 11.0 Å². The Kier molecular flexibility index (Phi) is 0.919. The summed E-state index contributed by atoms with van der Waals surface area (Å²) in [6.45, 7) is 4.42. The van der Waals surface area contributed by atoms with Gasteiger partial charge in [0.15, 0.2) is 0 Å². The summed E-state index contributed by atoms with van der Waals surface area (Å²) in [5.74, 6) is 0.308. The van der Waals surface area contributed by atoms with Crippen molar-refractivity contribution < 1.29 is 9.53 Å². The van der Waals surface area contributed by atoms with Crippen LogP contribution in [0.2, 0.25) is 0 Å². The van der Waals surface area contributed by atoms with Crippen molar-refractivity contribution in [3.05, 3.63) is 0 Å². The van der Waals surface area contributed by atoms with Crippen molar-refractivity contribution >= 4 is 5.78 Å². The van der Waals surface area contributed by atoms with Gasteiger partial charge in [0.05, 0.1) is 17.6 Å². The summed E-state index contributed by atoms with van der Waals surface area (Å²) in [7, 11) is 0. The molecule has 0 aromatic heterocycles. The van der Waals surface area contributed by atoms with Gasteiger partial charge in [-0.15, -0.1) is 0 Å². The van der Waals surface area contributed by atoms with E-state index in [9.17, 15) is 4.79 Å². The van der Waals surface area contributed by atoms with Gasteiger partial charge >= 0.3 is 0 Å². The minimum absolute atomic E-state index is 0.0608. The van der Waals surface area contributed by atoms with Crippen LogP contribution in [0.1, 0.15) is 26.7 Å². The number of rotatable bonds is 1. The molecule has 0 N–H and O–H groups in total. The van der Waals surface area contributed by atoms with Crippen LogP contribution in [0.3, 0.4) is 0 Å². The predicted octanol–water partition coefficient (Wildman–Crippen LogP) is 1.14. The molecule has 56 valence electrons. The molecule has 1 aliphatic carbocycles. The number of fused-ring (bicyclic) bond motifs is 1. The third-order valence-electron chi connectivity index (χ3n) is 2.87. The summed E-state index contributed by atoms with van der Waals surface area (Å²) < 4.78 is 5.46. The molecule has 0 radical (unpaired) electrons. The molecule has 0 spiro atoms. The standard InChI is InChI=1S/C8H12O2/c1-6(9)8-3-7(2,4-8)10-5-8/h3-5H2,1-2H3. The quantitative estimate of drug-likeness (QED) is 0.546. The number of Topliss-reactive ketones (excluding diaryl/α,β-unsaturated/α-hetero) is 1. The molecule has 2 aliphatic heterocycles. The second-order valence-corrected chi connectivity index (χ2v) is 3.93. The van der Waals surface area contributed by atoms with Gasteiger partial charge < -0.3 is 4.74 Å². The Bertz CT molecular complexity index is 189. The van der Waals surface area contributed by atoms with Crippen LogP contribution in [0, 0.1) is 5.41 Å². The number of carbonyl (C=O) groups is 1. The molecule has 1 saturated carbocycles. The van der Waals surface area contributed by atoms with Crippen molar-refractivity contribution in [2.45, 2.75) is 32.3 Å². The maximum absolute atomic E-state index is 11.1. The van der Waals surface area contributed by atoms with Gasteiger partial charge in [0.25, 0.3) is 0 Å². The number of carbonyl (C=O) groups excluding carboxylic acids is 1. The van der Waals surface area contributed by atoms with Gasteiger partial charge in [-0.3, -0.25) is 4.79 Å². The lowest BCUT2D eigenvalue weighted by Crippen LogP contribution is -2.45. The van der Waals surface area contributed by atoms with Gasteiger partial charge in [0, 0.05) is 0 Å². The zero-order valence-corrected chi connectivity index (χ0v) is 6.44. The Balaban J connectivity index is 2.20. The molecular weight excluding hydrogens is 128 g/mol. The van der Waals surface area contributed by atoms with E-state index < -0.39 is 0 Å². The predicted molar refractivity (Wildman–Crippen MR) is 36.7 cm³/mol. The SMILES string of the molecule is CC(=O)C12COC(C)(C1)C2. The fourth-order valence-corrected chi connectivity index (χ4v) is 2.25. The van der Waals surface area contributed by atoms with Gasteiger partial charge in [0.2, 0.25) is 0 Å². The number of hydrogen-bond acceptors (Lipinski definition) is 2.